The van der Waals surface area contributed by atoms with E-state index < -0.39 is 12.0 Å². The maximum Gasteiger partial charge on any atom is 0.320 e. The van der Waals surface area contributed by atoms with Crippen LogP contribution in [0, 0.1) is 0 Å². The molecule has 0 saturated heterocycles. The molecule has 0 amide bonds. The van der Waals surface area contributed by atoms with E-state index in [4.69, 9.17) is 20.3 Å². The molecule has 0 fully saturated rings. The predicted molar refractivity (Wildman–Crippen MR) is 61.4 cm³/mol. The van der Waals surface area contributed by atoms with Gasteiger partial charge in [0.25, 0.3) is 0 Å². The van der Waals surface area contributed by atoms with Crippen LogP contribution in [0.5, 0.6) is 11.5 Å². The van der Waals surface area contributed by atoms with Crippen molar-refractivity contribution in [1.82, 2.24) is 0 Å². The monoisotopic (exact) mass is 237 g/mol. The molecule has 1 heterocycles. The maximum absolute atomic E-state index is 10.7. The van der Waals surface area contributed by atoms with E-state index in [0.29, 0.717) is 24.7 Å². The summed E-state index contributed by atoms with van der Waals surface area (Å²) in [6, 6.07) is 4.52. The van der Waals surface area contributed by atoms with E-state index >= 15 is 0 Å². The lowest BCUT2D eigenvalue weighted by atomic mass is 10.1. The number of benzene rings is 1. The van der Waals surface area contributed by atoms with Crippen LogP contribution in [-0.2, 0) is 11.2 Å². The summed E-state index contributed by atoms with van der Waals surface area (Å²) < 4.78 is 11.0. The molecular formula is C12H15NO4. The molecule has 92 valence electrons. The Bertz CT molecular complexity index is 419. The summed E-state index contributed by atoms with van der Waals surface area (Å²) in [6.45, 7) is 1.25. The number of carboxylic acid groups (broad SMARTS) is 1. The average Bonchev–Trinajstić information content (AvgIpc) is 2.53. The molecule has 1 aliphatic heterocycles. The van der Waals surface area contributed by atoms with Crippen LogP contribution in [-0.4, -0.2) is 30.3 Å². The second-order valence-electron chi connectivity index (χ2n) is 3.98. The molecule has 5 nitrogen and oxygen atoms in total. The second-order valence-corrected chi connectivity index (χ2v) is 3.98. The first-order valence-electron chi connectivity index (χ1n) is 5.54. The van der Waals surface area contributed by atoms with E-state index in [2.05, 4.69) is 0 Å². The molecule has 0 saturated carbocycles. The first-order chi connectivity index (χ1) is 8.16. The minimum atomic E-state index is -1.00. The van der Waals surface area contributed by atoms with Crippen LogP contribution in [0.25, 0.3) is 0 Å². The van der Waals surface area contributed by atoms with Crippen molar-refractivity contribution in [3.63, 3.8) is 0 Å². The van der Waals surface area contributed by atoms with Gasteiger partial charge in [-0.1, -0.05) is 6.07 Å². The van der Waals surface area contributed by atoms with E-state index in [1.807, 2.05) is 6.07 Å². The summed E-state index contributed by atoms with van der Waals surface area (Å²) in [7, 11) is 0. The predicted octanol–water partition coefficient (Wildman–Crippen LogP) is 0.802. The Hall–Kier alpha value is -1.75. The number of fused-ring (bicyclic) bond motifs is 1. The fourth-order valence-electron chi connectivity index (χ4n) is 1.68. The van der Waals surface area contributed by atoms with Gasteiger partial charge in [-0.15, -0.1) is 0 Å². The van der Waals surface area contributed by atoms with E-state index in [-0.39, 0.29) is 6.42 Å². The highest BCUT2D eigenvalue weighted by Gasteiger charge is 2.15. The van der Waals surface area contributed by atoms with Gasteiger partial charge in [0.05, 0.1) is 13.2 Å². The molecule has 17 heavy (non-hydrogen) atoms. The van der Waals surface area contributed by atoms with Crippen LogP contribution in [0.1, 0.15) is 12.0 Å². The van der Waals surface area contributed by atoms with Gasteiger partial charge in [0.15, 0.2) is 11.5 Å². The molecule has 0 spiro atoms. The zero-order valence-electron chi connectivity index (χ0n) is 9.39. The van der Waals surface area contributed by atoms with Gasteiger partial charge in [-0.25, -0.2) is 0 Å². The molecule has 1 aromatic rings. The van der Waals surface area contributed by atoms with Crippen molar-refractivity contribution in [2.45, 2.75) is 18.9 Å². The lowest BCUT2D eigenvalue weighted by Gasteiger charge is -2.10. The van der Waals surface area contributed by atoms with Gasteiger partial charge >= 0.3 is 5.97 Å². The van der Waals surface area contributed by atoms with Gasteiger partial charge in [-0.3, -0.25) is 4.79 Å². The summed E-state index contributed by atoms with van der Waals surface area (Å²) in [4.78, 5) is 10.7. The zero-order valence-corrected chi connectivity index (χ0v) is 9.39. The van der Waals surface area contributed by atoms with Crippen molar-refractivity contribution in [1.29, 1.82) is 0 Å². The highest BCUT2D eigenvalue weighted by molar-refractivity contribution is 5.73. The molecule has 1 aliphatic rings. The van der Waals surface area contributed by atoms with Gasteiger partial charge in [0.2, 0.25) is 0 Å². The normalized spacial score (nSPS) is 16.1. The molecule has 0 aromatic heterocycles. The fraction of sp³-hybridized carbons (Fsp3) is 0.417. The molecule has 2 rings (SSSR count). The number of carboxylic acids is 1. The second kappa shape index (κ2) is 5.05. The fourth-order valence-corrected chi connectivity index (χ4v) is 1.68. The number of nitrogens with two attached hydrogens (primary N) is 1. The number of aliphatic carboxylic acids is 1. The Kier molecular flexibility index (Phi) is 3.49. The third-order valence-corrected chi connectivity index (χ3v) is 2.58. The molecular weight excluding hydrogens is 222 g/mol. The Balaban J connectivity index is 2.15. The first kappa shape index (κ1) is 11.7. The number of ether oxygens (including phenoxy) is 2. The van der Waals surface area contributed by atoms with Crippen molar-refractivity contribution >= 4 is 5.97 Å². The van der Waals surface area contributed by atoms with Crippen molar-refractivity contribution in [3.8, 4) is 11.5 Å². The Morgan fingerprint density at radius 3 is 2.76 bits per heavy atom. The van der Waals surface area contributed by atoms with E-state index in [9.17, 15) is 4.79 Å². The van der Waals surface area contributed by atoms with Crippen LogP contribution in [0.2, 0.25) is 0 Å². The van der Waals surface area contributed by atoms with Crippen molar-refractivity contribution < 1.29 is 19.4 Å². The molecule has 3 N–H and O–H groups in total. The first-order valence-corrected chi connectivity index (χ1v) is 5.54. The molecule has 0 aliphatic carbocycles. The number of carbonyl (C=O) groups is 1. The highest BCUT2D eigenvalue weighted by atomic mass is 16.5. The topological polar surface area (TPSA) is 81.8 Å². The Morgan fingerprint density at radius 1 is 1.35 bits per heavy atom. The molecule has 0 bridgehead atoms. The Labute approximate surface area is 99.1 Å². The SMILES string of the molecule is N[C@@H](Cc1ccc2c(c1)OCCCO2)C(=O)O. The third-order valence-electron chi connectivity index (χ3n) is 2.58. The maximum atomic E-state index is 10.7. The molecule has 5 heteroatoms. The standard InChI is InChI=1S/C12H15NO4/c13-9(12(14)15)6-8-2-3-10-11(7-8)17-5-1-4-16-10/h2-3,7,9H,1,4-6,13H2,(H,14,15)/t9-/m0/s1. The quantitative estimate of drug-likeness (QED) is 0.812. The Morgan fingerprint density at radius 2 is 2.06 bits per heavy atom. The molecule has 1 atom stereocenters. The van der Waals surface area contributed by atoms with E-state index in [1.165, 1.54) is 0 Å². The molecule has 0 unspecified atom stereocenters. The smallest absolute Gasteiger partial charge is 0.320 e. The number of hydrogen-bond donors (Lipinski definition) is 2. The molecule has 0 radical (unpaired) electrons. The summed E-state index contributed by atoms with van der Waals surface area (Å²) in [5, 5.41) is 8.75. The van der Waals surface area contributed by atoms with Crippen LogP contribution < -0.4 is 15.2 Å². The lowest BCUT2D eigenvalue weighted by molar-refractivity contribution is -0.138. The van der Waals surface area contributed by atoms with Gasteiger partial charge in [0, 0.05) is 6.42 Å². The summed E-state index contributed by atoms with van der Waals surface area (Å²) >= 11 is 0. The van der Waals surface area contributed by atoms with Gasteiger partial charge < -0.3 is 20.3 Å². The highest BCUT2D eigenvalue weighted by Crippen LogP contribution is 2.30. The van der Waals surface area contributed by atoms with Crippen LogP contribution in [0.15, 0.2) is 18.2 Å². The summed E-state index contributed by atoms with van der Waals surface area (Å²) in [5.74, 6) is 0.366. The third kappa shape index (κ3) is 2.88. The van der Waals surface area contributed by atoms with Crippen LogP contribution >= 0.6 is 0 Å². The zero-order chi connectivity index (χ0) is 12.3. The lowest BCUT2D eigenvalue weighted by Crippen LogP contribution is -2.32. The average molecular weight is 237 g/mol. The van der Waals surface area contributed by atoms with E-state index in [0.717, 1.165) is 12.0 Å². The minimum absolute atomic E-state index is 0.284. The number of rotatable bonds is 3. The van der Waals surface area contributed by atoms with Gasteiger partial charge in [-0.2, -0.15) is 0 Å². The summed E-state index contributed by atoms with van der Waals surface area (Å²) in [5.41, 5.74) is 6.32. The van der Waals surface area contributed by atoms with Gasteiger partial charge in [-0.05, 0) is 24.1 Å². The van der Waals surface area contributed by atoms with Crippen molar-refractivity contribution in [2.75, 3.05) is 13.2 Å². The summed E-state index contributed by atoms with van der Waals surface area (Å²) in [6.07, 6.45) is 1.13. The number of hydrogen-bond acceptors (Lipinski definition) is 4. The largest absolute Gasteiger partial charge is 0.490 e. The minimum Gasteiger partial charge on any atom is -0.490 e. The van der Waals surface area contributed by atoms with Crippen molar-refractivity contribution in [2.24, 2.45) is 5.73 Å². The molecule has 1 aromatic carbocycles. The van der Waals surface area contributed by atoms with Crippen molar-refractivity contribution in [3.05, 3.63) is 23.8 Å². The van der Waals surface area contributed by atoms with Crippen LogP contribution in [0.4, 0.5) is 0 Å². The van der Waals surface area contributed by atoms with Crippen LogP contribution in [0.3, 0.4) is 0 Å². The van der Waals surface area contributed by atoms with E-state index in [1.54, 1.807) is 12.1 Å². The van der Waals surface area contributed by atoms with Gasteiger partial charge in [0.1, 0.15) is 6.04 Å².